The molecule has 4 rings (SSSR count). The lowest BCUT2D eigenvalue weighted by molar-refractivity contribution is 0.0686. The molecule has 6 nitrogen and oxygen atoms in total. The van der Waals surface area contributed by atoms with Gasteiger partial charge in [0.2, 0.25) is 0 Å². The van der Waals surface area contributed by atoms with Gasteiger partial charge in [0.05, 0.1) is 17.8 Å². The first-order valence-corrected chi connectivity index (χ1v) is 9.64. The molecule has 1 aliphatic heterocycles. The van der Waals surface area contributed by atoms with E-state index >= 15 is 0 Å². The number of carboxylic acid groups (broad SMARTS) is 1. The summed E-state index contributed by atoms with van der Waals surface area (Å²) in [6, 6.07) is 10.0. The fourth-order valence-corrected chi connectivity index (χ4v) is 4.13. The van der Waals surface area contributed by atoms with Crippen LogP contribution in [0.5, 0.6) is 0 Å². The number of piperazine rings is 1. The molecule has 0 aliphatic carbocycles. The van der Waals surface area contributed by atoms with Crippen LogP contribution in [0, 0.1) is 13.8 Å². The van der Waals surface area contributed by atoms with Crippen LogP contribution in [0.15, 0.2) is 36.5 Å². The van der Waals surface area contributed by atoms with Crippen LogP contribution in [-0.2, 0) is 6.54 Å². The highest BCUT2D eigenvalue weighted by molar-refractivity contribution is 5.96. The van der Waals surface area contributed by atoms with Crippen LogP contribution >= 0.6 is 0 Å². The maximum atomic E-state index is 11.9. The Balaban J connectivity index is 1.71. The monoisotopic (exact) mass is 378 g/mol. The van der Waals surface area contributed by atoms with Gasteiger partial charge < -0.3 is 19.5 Å². The highest BCUT2D eigenvalue weighted by Gasteiger charge is 2.18. The smallest absolute Gasteiger partial charge is 0.352 e. The lowest BCUT2D eigenvalue weighted by atomic mass is 10.1. The summed E-state index contributed by atoms with van der Waals surface area (Å²) in [4.78, 5) is 21.1. The predicted octanol–water partition coefficient (Wildman–Crippen LogP) is 3.15. The number of hydrogen-bond acceptors (Lipinski definition) is 4. The molecule has 0 amide bonds. The number of pyridine rings is 1. The van der Waals surface area contributed by atoms with Crippen LogP contribution < -0.4 is 4.90 Å². The molecular formula is C22H26N4O2. The Morgan fingerprint density at radius 2 is 1.86 bits per heavy atom. The number of nitrogens with zero attached hydrogens (tertiary/aromatic N) is 4. The summed E-state index contributed by atoms with van der Waals surface area (Å²) in [6.07, 6.45) is 1.83. The number of fused-ring (bicyclic) bond motifs is 1. The van der Waals surface area contributed by atoms with Gasteiger partial charge in [0.1, 0.15) is 5.69 Å². The summed E-state index contributed by atoms with van der Waals surface area (Å²) in [5.41, 5.74) is 5.51. The molecule has 3 heterocycles. The molecule has 2 aromatic heterocycles. The van der Waals surface area contributed by atoms with Gasteiger partial charge in [-0.15, -0.1) is 0 Å². The van der Waals surface area contributed by atoms with Crippen molar-refractivity contribution in [3.8, 4) is 0 Å². The third-order valence-corrected chi connectivity index (χ3v) is 5.54. The van der Waals surface area contributed by atoms with Crippen molar-refractivity contribution in [2.24, 2.45) is 0 Å². The first kappa shape index (κ1) is 18.5. The fourth-order valence-electron chi connectivity index (χ4n) is 4.13. The van der Waals surface area contributed by atoms with E-state index in [1.54, 1.807) is 6.07 Å². The molecular weight excluding hydrogens is 352 g/mol. The summed E-state index contributed by atoms with van der Waals surface area (Å²) in [5, 5.41) is 10.7. The molecule has 1 aliphatic rings. The van der Waals surface area contributed by atoms with E-state index in [0.717, 1.165) is 59.6 Å². The molecule has 0 atom stereocenters. The van der Waals surface area contributed by atoms with Gasteiger partial charge in [-0.25, -0.2) is 4.79 Å². The number of rotatable bonds is 4. The Morgan fingerprint density at radius 1 is 1.11 bits per heavy atom. The number of likely N-dealkylation sites (N-methyl/N-ethyl adjacent to an activating group) is 1. The SMILES string of the molecule is Cc1cc(C)c2c(c1)cc(C(=O)O)n2Cc1cc(N2CCN(C)CC2)ccn1. The van der Waals surface area contributed by atoms with Crippen molar-refractivity contribution in [1.82, 2.24) is 14.5 Å². The van der Waals surface area contributed by atoms with E-state index in [1.165, 1.54) is 0 Å². The van der Waals surface area contributed by atoms with Gasteiger partial charge in [-0.2, -0.15) is 0 Å². The molecule has 0 unspecified atom stereocenters. The van der Waals surface area contributed by atoms with Crippen molar-refractivity contribution in [2.45, 2.75) is 20.4 Å². The Hall–Kier alpha value is -2.86. The van der Waals surface area contributed by atoms with Gasteiger partial charge >= 0.3 is 5.97 Å². The van der Waals surface area contributed by atoms with Gasteiger partial charge in [-0.3, -0.25) is 4.98 Å². The van der Waals surface area contributed by atoms with Gasteiger partial charge in [0.15, 0.2) is 0 Å². The molecule has 146 valence electrons. The molecule has 6 heteroatoms. The van der Waals surface area contributed by atoms with Crippen LogP contribution in [0.2, 0.25) is 0 Å². The lowest BCUT2D eigenvalue weighted by Gasteiger charge is -2.34. The molecule has 0 saturated carbocycles. The van der Waals surface area contributed by atoms with Crippen molar-refractivity contribution < 1.29 is 9.90 Å². The summed E-state index contributed by atoms with van der Waals surface area (Å²) < 4.78 is 1.88. The lowest BCUT2D eigenvalue weighted by Crippen LogP contribution is -2.44. The van der Waals surface area contributed by atoms with E-state index in [1.807, 2.05) is 36.7 Å². The van der Waals surface area contributed by atoms with Crippen molar-refractivity contribution >= 4 is 22.6 Å². The van der Waals surface area contributed by atoms with Crippen LogP contribution in [-0.4, -0.2) is 58.8 Å². The van der Waals surface area contributed by atoms with Gasteiger partial charge in [-0.05, 0) is 50.7 Å². The van der Waals surface area contributed by atoms with Gasteiger partial charge in [0.25, 0.3) is 0 Å². The van der Waals surface area contributed by atoms with E-state index in [-0.39, 0.29) is 0 Å². The van der Waals surface area contributed by atoms with Crippen molar-refractivity contribution in [3.63, 3.8) is 0 Å². The minimum Gasteiger partial charge on any atom is -0.477 e. The Morgan fingerprint density at radius 3 is 2.57 bits per heavy atom. The molecule has 0 spiro atoms. The van der Waals surface area contributed by atoms with Crippen molar-refractivity contribution in [3.05, 3.63) is 59.0 Å². The minimum atomic E-state index is -0.913. The normalized spacial score (nSPS) is 15.3. The maximum absolute atomic E-state index is 11.9. The topological polar surface area (TPSA) is 61.6 Å². The number of aryl methyl sites for hydroxylation is 2. The molecule has 3 aromatic rings. The Bertz CT molecular complexity index is 1030. The molecule has 1 saturated heterocycles. The standard InChI is InChI=1S/C22H26N4O2/c1-15-10-16(2)21-17(11-15)12-20(22(27)28)26(21)14-18-13-19(4-5-23-18)25-8-6-24(3)7-9-25/h4-5,10-13H,6-9,14H2,1-3H3,(H,27,28). The summed E-state index contributed by atoms with van der Waals surface area (Å²) in [7, 11) is 2.14. The predicted molar refractivity (Wildman–Crippen MR) is 111 cm³/mol. The Labute approximate surface area is 165 Å². The molecule has 0 radical (unpaired) electrons. The van der Waals surface area contributed by atoms with E-state index in [4.69, 9.17) is 0 Å². The number of aromatic nitrogens is 2. The zero-order valence-electron chi connectivity index (χ0n) is 16.6. The largest absolute Gasteiger partial charge is 0.477 e. The minimum absolute atomic E-state index is 0.301. The number of carbonyl (C=O) groups is 1. The van der Waals surface area contributed by atoms with E-state index < -0.39 is 5.97 Å². The van der Waals surface area contributed by atoms with Gasteiger partial charge in [-0.1, -0.05) is 11.6 Å². The average molecular weight is 378 g/mol. The molecule has 28 heavy (non-hydrogen) atoms. The van der Waals surface area contributed by atoms with E-state index in [2.05, 4.69) is 34.0 Å². The summed E-state index contributed by atoms with van der Waals surface area (Å²) >= 11 is 0. The quantitative estimate of drug-likeness (QED) is 0.756. The average Bonchev–Trinajstić information content (AvgIpc) is 3.01. The second-order valence-corrected chi connectivity index (χ2v) is 7.74. The molecule has 1 N–H and O–H groups in total. The van der Waals surface area contributed by atoms with Crippen molar-refractivity contribution in [1.29, 1.82) is 0 Å². The number of carboxylic acids is 1. The third-order valence-electron chi connectivity index (χ3n) is 5.54. The van der Waals surface area contributed by atoms with Crippen LogP contribution in [0.3, 0.4) is 0 Å². The second kappa shape index (κ2) is 7.28. The highest BCUT2D eigenvalue weighted by Crippen LogP contribution is 2.27. The molecule has 1 fully saturated rings. The highest BCUT2D eigenvalue weighted by atomic mass is 16.4. The maximum Gasteiger partial charge on any atom is 0.352 e. The zero-order valence-corrected chi connectivity index (χ0v) is 16.6. The Kier molecular flexibility index (Phi) is 4.81. The first-order chi connectivity index (χ1) is 13.4. The third kappa shape index (κ3) is 3.47. The van der Waals surface area contributed by atoms with E-state index in [9.17, 15) is 9.90 Å². The molecule has 0 bridgehead atoms. The van der Waals surface area contributed by atoms with Crippen LogP contribution in [0.25, 0.3) is 10.9 Å². The summed E-state index contributed by atoms with van der Waals surface area (Å²) in [5.74, 6) is -0.913. The van der Waals surface area contributed by atoms with Crippen molar-refractivity contribution in [2.75, 3.05) is 38.1 Å². The van der Waals surface area contributed by atoms with Crippen LogP contribution in [0.4, 0.5) is 5.69 Å². The summed E-state index contributed by atoms with van der Waals surface area (Å²) in [6.45, 7) is 8.58. The van der Waals surface area contributed by atoms with Gasteiger partial charge in [0, 0.05) is 43.4 Å². The first-order valence-electron chi connectivity index (χ1n) is 9.64. The van der Waals surface area contributed by atoms with E-state index in [0.29, 0.717) is 12.2 Å². The zero-order chi connectivity index (χ0) is 19.8. The number of anilines is 1. The van der Waals surface area contributed by atoms with Crippen LogP contribution in [0.1, 0.15) is 27.3 Å². The molecule has 1 aromatic carbocycles. The second-order valence-electron chi connectivity index (χ2n) is 7.74. The fraction of sp³-hybridized carbons (Fsp3) is 0.364. The number of aromatic carboxylic acids is 1. The number of hydrogen-bond donors (Lipinski definition) is 1. The number of benzene rings is 1.